The summed E-state index contributed by atoms with van der Waals surface area (Å²) >= 11 is 0. The Balaban J connectivity index is 1.95. The molecule has 0 aromatic rings. The van der Waals surface area contributed by atoms with E-state index < -0.39 is 10.0 Å². The van der Waals surface area contributed by atoms with Gasteiger partial charge in [0.15, 0.2) is 0 Å². The van der Waals surface area contributed by atoms with Crippen LogP contribution in [-0.2, 0) is 10.0 Å². The van der Waals surface area contributed by atoms with Crippen LogP contribution >= 0.6 is 0 Å². The van der Waals surface area contributed by atoms with Crippen molar-refractivity contribution in [2.24, 2.45) is 23.2 Å². The molecular weight excluding hydrogens is 238 g/mol. The van der Waals surface area contributed by atoms with E-state index in [1.807, 2.05) is 0 Å². The molecule has 0 aromatic heterocycles. The van der Waals surface area contributed by atoms with Crippen LogP contribution in [0.5, 0.6) is 0 Å². The first-order chi connectivity index (χ1) is 7.87. The predicted octanol–water partition coefficient (Wildman–Crippen LogP) is 0.970. The zero-order valence-corrected chi connectivity index (χ0v) is 11.5. The molecule has 4 nitrogen and oxygen atoms in total. The number of sulfonamides is 1. The molecule has 0 aliphatic heterocycles. The molecule has 2 N–H and O–H groups in total. The van der Waals surface area contributed by atoms with Crippen LogP contribution in [0.1, 0.15) is 33.1 Å². The smallest absolute Gasteiger partial charge is 0.211 e. The molecule has 3 atom stereocenters. The van der Waals surface area contributed by atoms with Crippen molar-refractivity contribution in [1.29, 1.82) is 0 Å². The molecular formula is C12H23NO3S. The Morgan fingerprint density at radius 2 is 2.06 bits per heavy atom. The molecule has 0 radical (unpaired) electrons. The number of hydrogen-bond donors (Lipinski definition) is 2. The monoisotopic (exact) mass is 261 g/mol. The summed E-state index contributed by atoms with van der Waals surface area (Å²) in [5.41, 5.74) is 0.329. The normalized spacial score (nSPS) is 35.4. The highest BCUT2D eigenvalue weighted by Crippen LogP contribution is 2.61. The van der Waals surface area contributed by atoms with Gasteiger partial charge >= 0.3 is 0 Å². The number of fused-ring (bicyclic) bond motifs is 2. The SMILES string of the molecule is CC1(C)[C@H]2CC[C@H](CS(=O)(=O)NCCO)[C@@H]1C2. The fourth-order valence-corrected chi connectivity index (χ4v) is 5.19. The molecule has 0 amide bonds. The van der Waals surface area contributed by atoms with E-state index in [2.05, 4.69) is 18.6 Å². The Morgan fingerprint density at radius 3 is 2.59 bits per heavy atom. The minimum atomic E-state index is -3.21. The van der Waals surface area contributed by atoms with Crippen LogP contribution < -0.4 is 4.72 Å². The third-order valence-corrected chi connectivity index (χ3v) is 6.38. The lowest BCUT2D eigenvalue weighted by Crippen LogP contribution is -2.54. The maximum Gasteiger partial charge on any atom is 0.211 e. The minimum absolute atomic E-state index is 0.131. The average Bonchev–Trinajstić information content (AvgIpc) is 2.25. The van der Waals surface area contributed by atoms with Crippen LogP contribution in [0, 0.1) is 23.2 Å². The second kappa shape index (κ2) is 4.52. The third kappa shape index (κ3) is 2.51. The zero-order chi connectivity index (χ0) is 12.7. The Bertz CT molecular complexity index is 375. The van der Waals surface area contributed by atoms with Crippen LogP contribution in [0.2, 0.25) is 0 Å². The summed E-state index contributed by atoms with van der Waals surface area (Å²) in [7, 11) is -3.21. The van der Waals surface area contributed by atoms with E-state index >= 15 is 0 Å². The fourth-order valence-electron chi connectivity index (χ4n) is 3.70. The topological polar surface area (TPSA) is 66.4 Å². The maximum absolute atomic E-state index is 11.8. The van der Waals surface area contributed by atoms with Crippen LogP contribution in [0.15, 0.2) is 0 Å². The number of rotatable bonds is 5. The fraction of sp³-hybridized carbons (Fsp3) is 1.00. The lowest BCUT2D eigenvalue weighted by Gasteiger charge is -2.60. The van der Waals surface area contributed by atoms with E-state index in [9.17, 15) is 8.42 Å². The number of aliphatic hydroxyl groups is 1. The number of hydrogen-bond acceptors (Lipinski definition) is 3. The zero-order valence-electron chi connectivity index (χ0n) is 10.6. The number of nitrogens with one attached hydrogen (secondary N) is 1. The van der Waals surface area contributed by atoms with E-state index in [0.717, 1.165) is 12.3 Å². The van der Waals surface area contributed by atoms with Crippen molar-refractivity contribution in [1.82, 2.24) is 4.72 Å². The van der Waals surface area contributed by atoms with Crippen molar-refractivity contribution in [2.45, 2.75) is 33.1 Å². The quantitative estimate of drug-likeness (QED) is 0.775. The Labute approximate surface area is 104 Å². The molecule has 3 saturated carbocycles. The largest absolute Gasteiger partial charge is 0.395 e. The Hall–Kier alpha value is -0.130. The van der Waals surface area contributed by atoms with Gasteiger partial charge < -0.3 is 5.11 Å². The van der Waals surface area contributed by atoms with Gasteiger partial charge in [-0.15, -0.1) is 0 Å². The van der Waals surface area contributed by atoms with Crippen molar-refractivity contribution in [3.63, 3.8) is 0 Å². The Kier molecular flexibility index (Phi) is 3.54. The first-order valence-corrected chi connectivity index (χ1v) is 8.10. The third-order valence-electron chi connectivity index (χ3n) is 4.87. The van der Waals surface area contributed by atoms with Gasteiger partial charge in [0.1, 0.15) is 0 Å². The van der Waals surface area contributed by atoms with Crippen molar-refractivity contribution in [2.75, 3.05) is 18.9 Å². The van der Waals surface area contributed by atoms with Gasteiger partial charge in [0.25, 0.3) is 0 Å². The van der Waals surface area contributed by atoms with Crippen LogP contribution in [0.3, 0.4) is 0 Å². The summed E-state index contributed by atoms with van der Waals surface area (Å²) in [5.74, 6) is 1.89. The average molecular weight is 261 g/mol. The summed E-state index contributed by atoms with van der Waals surface area (Å²) in [6, 6.07) is 0. The molecule has 2 bridgehead atoms. The standard InChI is InChI=1S/C12H23NO3S/c1-12(2)10-4-3-9(11(12)7-10)8-17(15,16)13-5-6-14/h9-11,13-14H,3-8H2,1-2H3/t9-,10+,11+/m1/s1. The summed E-state index contributed by atoms with van der Waals surface area (Å²) in [6.07, 6.45) is 3.41. The summed E-state index contributed by atoms with van der Waals surface area (Å²) in [5, 5.41) is 8.65. The van der Waals surface area contributed by atoms with Crippen molar-refractivity contribution < 1.29 is 13.5 Å². The van der Waals surface area contributed by atoms with Gasteiger partial charge in [-0.3, -0.25) is 0 Å². The van der Waals surface area contributed by atoms with Crippen molar-refractivity contribution in [3.05, 3.63) is 0 Å². The first-order valence-electron chi connectivity index (χ1n) is 6.45. The molecule has 17 heavy (non-hydrogen) atoms. The summed E-state index contributed by atoms with van der Waals surface area (Å²) in [4.78, 5) is 0. The highest BCUT2D eigenvalue weighted by molar-refractivity contribution is 7.89. The second-order valence-electron chi connectivity index (χ2n) is 6.10. The molecule has 0 aromatic carbocycles. The van der Waals surface area contributed by atoms with E-state index in [4.69, 9.17) is 5.11 Å². The van der Waals surface area contributed by atoms with Gasteiger partial charge in [-0.25, -0.2) is 13.1 Å². The second-order valence-corrected chi connectivity index (χ2v) is 7.95. The van der Waals surface area contributed by atoms with Crippen molar-refractivity contribution in [3.8, 4) is 0 Å². The molecule has 3 rings (SSSR count). The first kappa shape index (κ1) is 13.3. The van der Waals surface area contributed by atoms with Gasteiger partial charge in [0, 0.05) is 6.54 Å². The van der Waals surface area contributed by atoms with E-state index in [-0.39, 0.29) is 18.9 Å². The van der Waals surface area contributed by atoms with E-state index in [0.29, 0.717) is 17.3 Å². The van der Waals surface area contributed by atoms with Crippen LogP contribution in [-0.4, -0.2) is 32.4 Å². The number of aliphatic hydroxyl groups excluding tert-OH is 1. The molecule has 0 unspecified atom stereocenters. The van der Waals surface area contributed by atoms with Gasteiger partial charge in [-0.05, 0) is 42.4 Å². The highest BCUT2D eigenvalue weighted by Gasteiger charge is 2.54. The molecule has 3 aliphatic carbocycles. The molecule has 100 valence electrons. The van der Waals surface area contributed by atoms with Crippen LogP contribution in [0.25, 0.3) is 0 Å². The molecule has 3 fully saturated rings. The van der Waals surface area contributed by atoms with Gasteiger partial charge in [-0.1, -0.05) is 13.8 Å². The summed E-state index contributed by atoms with van der Waals surface area (Å²) in [6.45, 7) is 4.53. The van der Waals surface area contributed by atoms with Gasteiger partial charge in [0.05, 0.1) is 12.4 Å². The molecule has 0 spiro atoms. The molecule has 5 heteroatoms. The lowest BCUT2D eigenvalue weighted by atomic mass is 9.46. The molecule has 0 heterocycles. The van der Waals surface area contributed by atoms with E-state index in [1.54, 1.807) is 0 Å². The molecule has 0 saturated heterocycles. The predicted molar refractivity (Wildman–Crippen MR) is 67.0 cm³/mol. The summed E-state index contributed by atoms with van der Waals surface area (Å²) < 4.78 is 26.1. The van der Waals surface area contributed by atoms with Crippen LogP contribution in [0.4, 0.5) is 0 Å². The van der Waals surface area contributed by atoms with Crippen molar-refractivity contribution >= 4 is 10.0 Å². The van der Waals surface area contributed by atoms with E-state index in [1.165, 1.54) is 12.8 Å². The maximum atomic E-state index is 11.8. The molecule has 3 aliphatic rings. The highest BCUT2D eigenvalue weighted by atomic mass is 32.2. The van der Waals surface area contributed by atoms with Gasteiger partial charge in [0.2, 0.25) is 10.0 Å². The minimum Gasteiger partial charge on any atom is -0.395 e. The Morgan fingerprint density at radius 1 is 1.35 bits per heavy atom. The lowest BCUT2D eigenvalue weighted by molar-refractivity contribution is -0.0978. The van der Waals surface area contributed by atoms with Gasteiger partial charge in [-0.2, -0.15) is 0 Å².